The van der Waals surface area contributed by atoms with E-state index < -0.39 is 5.97 Å². The third kappa shape index (κ3) is 3.14. The van der Waals surface area contributed by atoms with Crippen LogP contribution in [0.5, 0.6) is 5.75 Å². The molecule has 2 rings (SSSR count). The molecule has 0 spiro atoms. The summed E-state index contributed by atoms with van der Waals surface area (Å²) < 4.78 is 11.3. The number of nitrogens with one attached hydrogen (secondary N) is 1. The van der Waals surface area contributed by atoms with Crippen LogP contribution in [0, 0.1) is 6.92 Å². The van der Waals surface area contributed by atoms with Crippen LogP contribution in [0.15, 0.2) is 33.2 Å². The van der Waals surface area contributed by atoms with Gasteiger partial charge in [-0.1, -0.05) is 0 Å². The summed E-state index contributed by atoms with van der Waals surface area (Å²) in [6, 6.07) is 7.27. The van der Waals surface area contributed by atoms with Crippen LogP contribution < -0.4 is 10.1 Å². The number of methoxy groups -OCH3 is 1. The van der Waals surface area contributed by atoms with Crippen LogP contribution in [0.3, 0.4) is 0 Å². The Hall–Kier alpha value is -1.95. The van der Waals surface area contributed by atoms with E-state index in [-0.39, 0.29) is 5.76 Å². The van der Waals surface area contributed by atoms with E-state index in [2.05, 4.69) is 21.2 Å². The fourth-order valence-electron chi connectivity index (χ4n) is 1.80. The lowest BCUT2D eigenvalue weighted by Gasteiger charge is -2.09. The molecule has 0 aliphatic carbocycles. The first-order valence-electron chi connectivity index (χ1n) is 5.91. The molecular formula is C14H14BrNO4. The Balaban J connectivity index is 2.12. The van der Waals surface area contributed by atoms with Gasteiger partial charge in [-0.3, -0.25) is 0 Å². The Kier molecular flexibility index (Phi) is 4.34. The smallest absolute Gasteiger partial charge is 0.372 e. The van der Waals surface area contributed by atoms with E-state index in [1.807, 2.05) is 18.2 Å². The highest BCUT2D eigenvalue weighted by Crippen LogP contribution is 2.27. The van der Waals surface area contributed by atoms with Gasteiger partial charge in [-0.05, 0) is 41.1 Å². The normalized spacial score (nSPS) is 10.3. The van der Waals surface area contributed by atoms with E-state index in [1.54, 1.807) is 20.1 Å². The molecule has 0 radical (unpaired) electrons. The molecule has 0 saturated heterocycles. The molecule has 0 saturated carbocycles. The molecule has 1 heterocycles. The van der Waals surface area contributed by atoms with Gasteiger partial charge >= 0.3 is 5.97 Å². The third-order valence-corrected chi connectivity index (χ3v) is 3.48. The van der Waals surface area contributed by atoms with E-state index in [4.69, 9.17) is 14.3 Å². The summed E-state index contributed by atoms with van der Waals surface area (Å²) >= 11 is 3.43. The number of hydrogen-bond acceptors (Lipinski definition) is 4. The first-order valence-corrected chi connectivity index (χ1v) is 6.70. The highest BCUT2D eigenvalue weighted by atomic mass is 79.9. The number of ether oxygens (including phenoxy) is 1. The topological polar surface area (TPSA) is 71.7 Å². The van der Waals surface area contributed by atoms with Crippen molar-refractivity contribution < 1.29 is 19.1 Å². The second kappa shape index (κ2) is 6.00. The number of benzene rings is 1. The quantitative estimate of drug-likeness (QED) is 0.869. The fraction of sp³-hybridized carbons (Fsp3) is 0.214. The van der Waals surface area contributed by atoms with Crippen LogP contribution in [0.2, 0.25) is 0 Å². The van der Waals surface area contributed by atoms with Crippen molar-refractivity contribution in [1.82, 2.24) is 0 Å². The van der Waals surface area contributed by atoms with Crippen LogP contribution >= 0.6 is 15.9 Å². The number of rotatable bonds is 5. The van der Waals surface area contributed by atoms with Crippen molar-refractivity contribution in [3.8, 4) is 5.75 Å². The first-order chi connectivity index (χ1) is 9.51. The predicted octanol–water partition coefficient (Wildman–Crippen LogP) is 3.67. The molecule has 0 aliphatic heterocycles. The molecule has 1 aromatic heterocycles. The van der Waals surface area contributed by atoms with Crippen molar-refractivity contribution in [3.05, 3.63) is 45.8 Å². The van der Waals surface area contributed by atoms with Crippen LogP contribution in [0.4, 0.5) is 5.69 Å². The van der Waals surface area contributed by atoms with Crippen LogP contribution in [-0.2, 0) is 6.54 Å². The van der Waals surface area contributed by atoms with Gasteiger partial charge in [0.15, 0.2) is 0 Å². The minimum Gasteiger partial charge on any atom is -0.497 e. The van der Waals surface area contributed by atoms with E-state index in [0.29, 0.717) is 17.9 Å². The number of hydrogen-bond donors (Lipinski definition) is 2. The molecule has 0 amide bonds. The minimum atomic E-state index is -1.06. The van der Waals surface area contributed by atoms with Crippen LogP contribution in [0.1, 0.15) is 21.9 Å². The van der Waals surface area contributed by atoms with Gasteiger partial charge < -0.3 is 19.6 Å². The number of aryl methyl sites for hydroxylation is 1. The van der Waals surface area contributed by atoms with Crippen molar-refractivity contribution in [2.75, 3.05) is 12.4 Å². The number of carbonyl (C=O) groups is 1. The Morgan fingerprint density at radius 3 is 2.80 bits per heavy atom. The van der Waals surface area contributed by atoms with Gasteiger partial charge in [0.05, 0.1) is 19.3 Å². The molecule has 6 heteroatoms. The molecule has 2 aromatic rings. The third-order valence-electron chi connectivity index (χ3n) is 2.79. The molecule has 2 N–H and O–H groups in total. The number of halogens is 1. The highest BCUT2D eigenvalue weighted by Gasteiger charge is 2.14. The first kappa shape index (κ1) is 14.5. The lowest BCUT2D eigenvalue weighted by atomic mass is 10.2. The Labute approximate surface area is 124 Å². The van der Waals surface area contributed by atoms with E-state index in [1.165, 1.54) is 0 Å². The number of carboxylic acid groups (broad SMARTS) is 1. The molecule has 0 bridgehead atoms. The molecule has 0 unspecified atom stereocenters. The molecule has 0 atom stereocenters. The second-order valence-electron chi connectivity index (χ2n) is 4.23. The summed E-state index contributed by atoms with van der Waals surface area (Å²) in [4.78, 5) is 10.9. The number of carboxylic acids is 1. The largest absolute Gasteiger partial charge is 0.497 e. The fourth-order valence-corrected chi connectivity index (χ4v) is 2.18. The van der Waals surface area contributed by atoms with Crippen molar-refractivity contribution >= 4 is 27.6 Å². The average molecular weight is 340 g/mol. The monoisotopic (exact) mass is 339 g/mol. The van der Waals surface area contributed by atoms with Crippen molar-refractivity contribution in [3.63, 3.8) is 0 Å². The summed E-state index contributed by atoms with van der Waals surface area (Å²) in [6.45, 7) is 2.10. The summed E-state index contributed by atoms with van der Waals surface area (Å²) in [5, 5.41) is 12.1. The van der Waals surface area contributed by atoms with Crippen LogP contribution in [-0.4, -0.2) is 18.2 Å². The zero-order chi connectivity index (χ0) is 14.7. The molecule has 0 fully saturated rings. The summed E-state index contributed by atoms with van der Waals surface area (Å²) in [5.41, 5.74) is 1.45. The van der Waals surface area contributed by atoms with Crippen LogP contribution in [0.25, 0.3) is 0 Å². The van der Waals surface area contributed by atoms with Gasteiger partial charge in [-0.25, -0.2) is 4.79 Å². The molecule has 106 valence electrons. The number of anilines is 1. The van der Waals surface area contributed by atoms with Gasteiger partial charge in [0.1, 0.15) is 11.5 Å². The maximum atomic E-state index is 10.9. The summed E-state index contributed by atoms with van der Waals surface area (Å²) in [5.74, 6) is 0.218. The lowest BCUT2D eigenvalue weighted by Crippen LogP contribution is -2.00. The Morgan fingerprint density at radius 2 is 2.20 bits per heavy atom. The lowest BCUT2D eigenvalue weighted by molar-refractivity contribution is 0.0659. The predicted molar refractivity (Wildman–Crippen MR) is 78.4 cm³/mol. The highest BCUT2D eigenvalue weighted by molar-refractivity contribution is 9.10. The molecule has 5 nitrogen and oxygen atoms in total. The van der Waals surface area contributed by atoms with E-state index >= 15 is 0 Å². The zero-order valence-corrected chi connectivity index (χ0v) is 12.7. The summed E-state index contributed by atoms with van der Waals surface area (Å²) in [7, 11) is 1.60. The zero-order valence-electron chi connectivity index (χ0n) is 11.1. The van der Waals surface area contributed by atoms with Gasteiger partial charge in [0.25, 0.3) is 0 Å². The van der Waals surface area contributed by atoms with Gasteiger partial charge in [0.2, 0.25) is 5.76 Å². The second-order valence-corrected chi connectivity index (χ2v) is 5.08. The van der Waals surface area contributed by atoms with Gasteiger partial charge in [0, 0.05) is 16.1 Å². The number of furan rings is 1. The standard InChI is InChI=1S/C14H14BrNO4/c1-8-5-10(20-13(8)14(17)18)7-16-12-6-9(19-2)3-4-11(12)15/h3-6,16H,7H2,1-2H3,(H,17,18). The van der Waals surface area contributed by atoms with E-state index in [0.717, 1.165) is 15.9 Å². The maximum Gasteiger partial charge on any atom is 0.372 e. The van der Waals surface area contributed by atoms with E-state index in [9.17, 15) is 4.79 Å². The average Bonchev–Trinajstić information content (AvgIpc) is 2.79. The molecule has 20 heavy (non-hydrogen) atoms. The van der Waals surface area contributed by atoms with Gasteiger partial charge in [-0.2, -0.15) is 0 Å². The molecular weight excluding hydrogens is 326 g/mol. The minimum absolute atomic E-state index is 0.0218. The van der Waals surface area contributed by atoms with Crippen molar-refractivity contribution in [1.29, 1.82) is 0 Å². The maximum absolute atomic E-state index is 10.9. The van der Waals surface area contributed by atoms with Gasteiger partial charge in [-0.15, -0.1) is 0 Å². The SMILES string of the molecule is COc1ccc(Br)c(NCc2cc(C)c(C(=O)O)o2)c1. The van der Waals surface area contributed by atoms with Crippen molar-refractivity contribution in [2.45, 2.75) is 13.5 Å². The Bertz CT molecular complexity index is 636. The number of aromatic carboxylic acids is 1. The Morgan fingerprint density at radius 1 is 1.45 bits per heavy atom. The molecule has 0 aliphatic rings. The molecule has 1 aromatic carbocycles. The van der Waals surface area contributed by atoms with Crippen molar-refractivity contribution in [2.24, 2.45) is 0 Å². The summed E-state index contributed by atoms with van der Waals surface area (Å²) in [6.07, 6.45) is 0.